The minimum atomic E-state index is -3.42. The molecule has 2 rings (SSSR count). The quantitative estimate of drug-likeness (QED) is 0.679. The van der Waals surface area contributed by atoms with Gasteiger partial charge in [0, 0.05) is 31.6 Å². The lowest BCUT2D eigenvalue weighted by atomic mass is 10.2. The average molecular weight is 334 g/mol. The lowest BCUT2D eigenvalue weighted by Crippen LogP contribution is -2.45. The van der Waals surface area contributed by atoms with Gasteiger partial charge in [0.15, 0.2) is 5.13 Å². The molecule has 1 aromatic rings. The van der Waals surface area contributed by atoms with Crippen molar-refractivity contribution in [2.24, 2.45) is 0 Å². The molecule has 1 aliphatic heterocycles. The van der Waals surface area contributed by atoms with Crippen LogP contribution in [0, 0.1) is 0 Å². The summed E-state index contributed by atoms with van der Waals surface area (Å²) in [5.74, 6) is 0. The van der Waals surface area contributed by atoms with Crippen LogP contribution in [0.2, 0.25) is 0 Å². The van der Waals surface area contributed by atoms with Crippen LogP contribution in [0.5, 0.6) is 0 Å². The molecule has 2 heterocycles. The predicted octanol–water partition coefficient (Wildman–Crippen LogP) is 0.603. The highest BCUT2D eigenvalue weighted by Gasteiger charge is 2.33. The third-order valence-corrected chi connectivity index (χ3v) is 5.84. The zero-order valence-electron chi connectivity index (χ0n) is 12.1. The fraction of sp³-hybridized carbons (Fsp3) is 0.750. The first kappa shape index (κ1) is 16.6. The minimum Gasteiger partial charge on any atom is -0.383 e. The number of nitrogen functional groups attached to an aromatic ring is 1. The standard InChI is InChI=1S/C12H22N4O3S2/c1-19-8-11-5-3-7-16(11)21(17,18)14-6-2-4-10-9-20-12(13)15-10/h9,11,14H,2-8H2,1H3,(H2,13,15)/t11-/m0/s1. The van der Waals surface area contributed by atoms with Crippen molar-refractivity contribution in [1.29, 1.82) is 0 Å². The van der Waals surface area contributed by atoms with E-state index in [1.165, 1.54) is 15.6 Å². The van der Waals surface area contributed by atoms with Crippen molar-refractivity contribution in [3.63, 3.8) is 0 Å². The molecule has 0 saturated carbocycles. The number of methoxy groups -OCH3 is 1. The molecular formula is C12H22N4O3S2. The molecule has 1 aliphatic rings. The summed E-state index contributed by atoms with van der Waals surface area (Å²) in [4.78, 5) is 4.15. The Morgan fingerprint density at radius 1 is 1.62 bits per heavy atom. The maximum Gasteiger partial charge on any atom is 0.279 e. The first-order chi connectivity index (χ1) is 10.0. The Balaban J connectivity index is 1.78. The van der Waals surface area contributed by atoms with E-state index in [0.29, 0.717) is 31.2 Å². The van der Waals surface area contributed by atoms with Crippen LogP contribution < -0.4 is 10.5 Å². The van der Waals surface area contributed by atoms with Gasteiger partial charge in [-0.05, 0) is 25.7 Å². The van der Waals surface area contributed by atoms with Gasteiger partial charge in [0.25, 0.3) is 10.2 Å². The van der Waals surface area contributed by atoms with E-state index in [0.717, 1.165) is 25.0 Å². The van der Waals surface area contributed by atoms with Gasteiger partial charge in [-0.3, -0.25) is 0 Å². The predicted molar refractivity (Wildman–Crippen MR) is 83.4 cm³/mol. The summed E-state index contributed by atoms with van der Waals surface area (Å²) in [6.07, 6.45) is 3.16. The molecule has 7 nitrogen and oxygen atoms in total. The molecule has 0 bridgehead atoms. The van der Waals surface area contributed by atoms with Gasteiger partial charge in [-0.2, -0.15) is 12.7 Å². The second-order valence-corrected chi connectivity index (χ2v) is 7.64. The van der Waals surface area contributed by atoms with Crippen LogP contribution in [0.4, 0.5) is 5.13 Å². The van der Waals surface area contributed by atoms with Crippen molar-refractivity contribution in [2.75, 3.05) is 32.5 Å². The highest BCUT2D eigenvalue weighted by atomic mass is 32.2. The number of nitrogens with two attached hydrogens (primary N) is 1. The Morgan fingerprint density at radius 2 is 2.43 bits per heavy atom. The zero-order chi connectivity index (χ0) is 15.3. The van der Waals surface area contributed by atoms with E-state index in [9.17, 15) is 8.42 Å². The number of hydrogen-bond acceptors (Lipinski definition) is 6. The summed E-state index contributed by atoms with van der Waals surface area (Å²) < 4.78 is 33.8. The SMILES string of the molecule is COC[C@@H]1CCCN1S(=O)(=O)NCCCc1csc(N)n1. The molecular weight excluding hydrogens is 312 g/mol. The van der Waals surface area contributed by atoms with Crippen molar-refractivity contribution in [3.8, 4) is 0 Å². The molecule has 0 unspecified atom stereocenters. The Kier molecular flexibility index (Phi) is 5.94. The largest absolute Gasteiger partial charge is 0.383 e. The molecule has 0 amide bonds. The maximum atomic E-state index is 12.3. The van der Waals surface area contributed by atoms with E-state index in [-0.39, 0.29) is 6.04 Å². The summed E-state index contributed by atoms with van der Waals surface area (Å²) in [6.45, 7) is 1.40. The second-order valence-electron chi connectivity index (χ2n) is 5.04. The summed E-state index contributed by atoms with van der Waals surface area (Å²) in [5.41, 5.74) is 6.47. The molecule has 120 valence electrons. The monoisotopic (exact) mass is 334 g/mol. The van der Waals surface area contributed by atoms with Gasteiger partial charge in [0.2, 0.25) is 0 Å². The van der Waals surface area contributed by atoms with Crippen molar-refractivity contribution >= 4 is 26.7 Å². The molecule has 3 N–H and O–H groups in total. The number of nitrogens with one attached hydrogen (secondary N) is 1. The Hall–Kier alpha value is -0.740. The van der Waals surface area contributed by atoms with Crippen LogP contribution in [0.15, 0.2) is 5.38 Å². The van der Waals surface area contributed by atoms with Crippen molar-refractivity contribution in [3.05, 3.63) is 11.1 Å². The van der Waals surface area contributed by atoms with Crippen molar-refractivity contribution in [2.45, 2.75) is 31.7 Å². The lowest BCUT2D eigenvalue weighted by Gasteiger charge is -2.23. The molecule has 0 spiro atoms. The highest BCUT2D eigenvalue weighted by molar-refractivity contribution is 7.87. The van der Waals surface area contributed by atoms with Gasteiger partial charge in [0.1, 0.15) is 0 Å². The average Bonchev–Trinajstić information content (AvgIpc) is 3.05. The fourth-order valence-corrected chi connectivity index (χ4v) is 4.57. The van der Waals surface area contributed by atoms with E-state index in [1.807, 2.05) is 5.38 Å². The van der Waals surface area contributed by atoms with Crippen LogP contribution >= 0.6 is 11.3 Å². The van der Waals surface area contributed by atoms with Crippen LogP contribution in [-0.4, -0.2) is 50.6 Å². The molecule has 1 aromatic heterocycles. The van der Waals surface area contributed by atoms with Gasteiger partial charge in [-0.1, -0.05) is 0 Å². The molecule has 1 fully saturated rings. The number of anilines is 1. The maximum absolute atomic E-state index is 12.3. The Labute approximate surface area is 129 Å². The van der Waals surface area contributed by atoms with Gasteiger partial charge >= 0.3 is 0 Å². The zero-order valence-corrected chi connectivity index (χ0v) is 13.8. The number of rotatable bonds is 8. The van der Waals surface area contributed by atoms with Crippen LogP contribution in [0.25, 0.3) is 0 Å². The van der Waals surface area contributed by atoms with Gasteiger partial charge in [-0.25, -0.2) is 9.71 Å². The number of ether oxygens (including phenoxy) is 1. The smallest absolute Gasteiger partial charge is 0.279 e. The summed E-state index contributed by atoms with van der Waals surface area (Å²) in [5, 5.41) is 2.45. The van der Waals surface area contributed by atoms with Gasteiger partial charge in [0.05, 0.1) is 12.3 Å². The normalized spacial score (nSPS) is 20.1. The summed E-state index contributed by atoms with van der Waals surface area (Å²) in [6, 6.07) is -0.0501. The Morgan fingerprint density at radius 3 is 3.10 bits per heavy atom. The number of aryl methyl sites for hydroxylation is 1. The van der Waals surface area contributed by atoms with Gasteiger partial charge in [-0.15, -0.1) is 11.3 Å². The molecule has 1 atom stereocenters. The Bertz CT molecular complexity index is 546. The summed E-state index contributed by atoms with van der Waals surface area (Å²) in [7, 11) is -1.83. The third-order valence-electron chi connectivity index (χ3n) is 3.45. The molecule has 9 heteroatoms. The van der Waals surface area contributed by atoms with Crippen LogP contribution in [-0.2, 0) is 21.4 Å². The van der Waals surface area contributed by atoms with E-state index in [4.69, 9.17) is 10.5 Å². The first-order valence-electron chi connectivity index (χ1n) is 6.98. The second kappa shape index (κ2) is 7.50. The van der Waals surface area contributed by atoms with Gasteiger partial charge < -0.3 is 10.5 Å². The molecule has 0 aliphatic carbocycles. The van der Waals surface area contributed by atoms with Crippen molar-refractivity contribution < 1.29 is 13.2 Å². The molecule has 21 heavy (non-hydrogen) atoms. The number of nitrogens with zero attached hydrogens (tertiary/aromatic N) is 2. The summed E-state index contributed by atoms with van der Waals surface area (Å²) >= 11 is 1.40. The molecule has 1 saturated heterocycles. The van der Waals surface area contributed by atoms with Crippen molar-refractivity contribution in [1.82, 2.24) is 14.0 Å². The molecule has 0 aromatic carbocycles. The number of aromatic nitrogens is 1. The third kappa shape index (κ3) is 4.62. The number of thiazole rings is 1. The minimum absolute atomic E-state index is 0.0501. The van der Waals surface area contributed by atoms with E-state index >= 15 is 0 Å². The fourth-order valence-electron chi connectivity index (χ4n) is 2.48. The van der Waals surface area contributed by atoms with Crippen LogP contribution in [0.3, 0.4) is 0 Å². The highest BCUT2D eigenvalue weighted by Crippen LogP contribution is 2.20. The first-order valence-corrected chi connectivity index (χ1v) is 9.30. The van der Waals surface area contributed by atoms with Crippen LogP contribution in [0.1, 0.15) is 25.0 Å². The van der Waals surface area contributed by atoms with E-state index in [1.54, 1.807) is 7.11 Å². The van der Waals surface area contributed by atoms with E-state index < -0.39 is 10.2 Å². The molecule has 0 radical (unpaired) electrons. The topological polar surface area (TPSA) is 97.5 Å². The number of hydrogen-bond donors (Lipinski definition) is 2. The lowest BCUT2D eigenvalue weighted by molar-refractivity contribution is 0.148. The van der Waals surface area contributed by atoms with E-state index in [2.05, 4.69) is 9.71 Å².